The molecule has 5 nitrogen and oxygen atoms in total. The average molecular weight is 289 g/mol. The summed E-state index contributed by atoms with van der Waals surface area (Å²) in [6.07, 6.45) is 1.88. The molecule has 0 saturated heterocycles. The number of methoxy groups -OCH3 is 1. The normalized spacial score (nSPS) is 13.5. The number of carbonyl (C=O) groups excluding carboxylic acids is 1. The Morgan fingerprint density at radius 1 is 1.33 bits per heavy atom. The minimum atomic E-state index is -1.09. The Morgan fingerprint density at radius 3 is 2.76 bits per heavy atom. The third-order valence-electron chi connectivity index (χ3n) is 3.12. The average Bonchev–Trinajstić information content (AvgIpc) is 2.97. The minimum Gasteiger partial charge on any atom is -0.496 e. The summed E-state index contributed by atoms with van der Waals surface area (Å²) < 4.78 is 10.3. The molecule has 0 bridgehead atoms. The number of nitrogens with one attached hydrogen (secondary N) is 1. The van der Waals surface area contributed by atoms with Gasteiger partial charge in [0.15, 0.2) is 0 Å². The monoisotopic (exact) mass is 289 g/mol. The van der Waals surface area contributed by atoms with E-state index in [2.05, 4.69) is 5.32 Å². The van der Waals surface area contributed by atoms with E-state index in [9.17, 15) is 9.90 Å². The first-order valence-electron chi connectivity index (χ1n) is 6.68. The summed E-state index contributed by atoms with van der Waals surface area (Å²) in [5, 5.41) is 13.0. The van der Waals surface area contributed by atoms with Gasteiger partial charge in [0.05, 0.1) is 24.5 Å². The van der Waals surface area contributed by atoms with Crippen LogP contribution in [-0.2, 0) is 6.42 Å². The molecule has 0 aliphatic heterocycles. The molecule has 0 radical (unpaired) electrons. The van der Waals surface area contributed by atoms with Crippen molar-refractivity contribution in [3.63, 3.8) is 0 Å². The molecule has 0 spiro atoms. The van der Waals surface area contributed by atoms with Crippen LogP contribution in [-0.4, -0.2) is 30.3 Å². The lowest BCUT2D eigenvalue weighted by Crippen LogP contribution is -2.42. The Balaban J connectivity index is 1.97. The third-order valence-corrected chi connectivity index (χ3v) is 3.12. The van der Waals surface area contributed by atoms with E-state index in [1.807, 2.05) is 0 Å². The topological polar surface area (TPSA) is 71.7 Å². The number of hydrogen-bond acceptors (Lipinski definition) is 4. The van der Waals surface area contributed by atoms with Crippen molar-refractivity contribution in [3.8, 4) is 5.75 Å². The summed E-state index contributed by atoms with van der Waals surface area (Å²) in [7, 11) is 1.51. The minimum absolute atomic E-state index is 0.116. The fourth-order valence-electron chi connectivity index (χ4n) is 2.05. The number of rotatable bonds is 6. The second-order valence-electron chi connectivity index (χ2n) is 5.14. The molecule has 0 unspecified atom stereocenters. The summed E-state index contributed by atoms with van der Waals surface area (Å²) in [5.41, 5.74) is -0.649. The number of para-hydroxylation sites is 1. The van der Waals surface area contributed by atoms with Crippen LogP contribution in [0.3, 0.4) is 0 Å². The largest absolute Gasteiger partial charge is 0.496 e. The van der Waals surface area contributed by atoms with E-state index in [4.69, 9.17) is 9.15 Å². The van der Waals surface area contributed by atoms with Crippen LogP contribution in [0.5, 0.6) is 5.75 Å². The molecule has 2 N–H and O–H groups in total. The number of ether oxygens (including phenoxy) is 1. The second-order valence-corrected chi connectivity index (χ2v) is 5.14. The van der Waals surface area contributed by atoms with E-state index in [0.29, 0.717) is 23.5 Å². The van der Waals surface area contributed by atoms with Crippen LogP contribution in [0, 0.1) is 0 Å². The lowest BCUT2D eigenvalue weighted by Gasteiger charge is -2.22. The molecule has 1 amide bonds. The van der Waals surface area contributed by atoms with Crippen molar-refractivity contribution in [1.82, 2.24) is 5.32 Å². The fraction of sp³-hybridized carbons (Fsp3) is 0.312. The molecule has 1 atom stereocenters. The highest BCUT2D eigenvalue weighted by Gasteiger charge is 2.24. The second kappa shape index (κ2) is 6.45. The number of amides is 1. The quantitative estimate of drug-likeness (QED) is 0.853. The van der Waals surface area contributed by atoms with Crippen molar-refractivity contribution < 1.29 is 19.1 Å². The highest BCUT2D eigenvalue weighted by molar-refractivity contribution is 5.96. The highest BCUT2D eigenvalue weighted by Crippen LogP contribution is 2.18. The van der Waals surface area contributed by atoms with Crippen LogP contribution in [0.25, 0.3) is 0 Å². The number of benzene rings is 1. The first kappa shape index (κ1) is 15.1. The molecule has 1 aromatic heterocycles. The van der Waals surface area contributed by atoms with E-state index in [1.54, 1.807) is 49.6 Å². The van der Waals surface area contributed by atoms with Crippen molar-refractivity contribution in [2.24, 2.45) is 0 Å². The fourth-order valence-corrected chi connectivity index (χ4v) is 2.05. The Labute approximate surface area is 123 Å². The molecule has 112 valence electrons. The molecule has 21 heavy (non-hydrogen) atoms. The number of carbonyl (C=O) groups is 1. The van der Waals surface area contributed by atoms with Crippen molar-refractivity contribution in [3.05, 3.63) is 54.0 Å². The van der Waals surface area contributed by atoms with Gasteiger partial charge < -0.3 is 19.6 Å². The standard InChI is InChI=1S/C16H19NO4/c1-16(19,10-12-6-5-9-21-12)11-17-15(18)13-7-3-4-8-14(13)20-2/h3-9,19H,10-11H2,1-2H3,(H,17,18)/t16-/m0/s1. The third kappa shape index (κ3) is 4.10. The van der Waals surface area contributed by atoms with Gasteiger partial charge in [0.1, 0.15) is 11.5 Å². The van der Waals surface area contributed by atoms with E-state index in [1.165, 1.54) is 7.11 Å². The molecule has 0 fully saturated rings. The maximum atomic E-state index is 12.1. The molecular formula is C16H19NO4. The Hall–Kier alpha value is -2.27. The van der Waals surface area contributed by atoms with Crippen LogP contribution in [0.1, 0.15) is 23.0 Å². The van der Waals surface area contributed by atoms with Gasteiger partial charge in [-0.3, -0.25) is 4.79 Å². The predicted octanol–water partition coefficient (Wildman–Crippen LogP) is 2.01. The summed E-state index contributed by atoms with van der Waals surface area (Å²) in [5.74, 6) is 0.888. The van der Waals surface area contributed by atoms with Crippen LogP contribution in [0.2, 0.25) is 0 Å². The predicted molar refractivity (Wildman–Crippen MR) is 78.4 cm³/mol. The first-order valence-corrected chi connectivity index (χ1v) is 6.68. The molecule has 2 rings (SSSR count). The molecule has 1 heterocycles. The summed E-state index contributed by atoms with van der Waals surface area (Å²) in [4.78, 5) is 12.1. The number of hydrogen-bond donors (Lipinski definition) is 2. The zero-order valence-corrected chi connectivity index (χ0v) is 12.1. The van der Waals surface area contributed by atoms with E-state index in [-0.39, 0.29) is 12.5 Å². The zero-order valence-electron chi connectivity index (χ0n) is 12.1. The van der Waals surface area contributed by atoms with Gasteiger partial charge >= 0.3 is 0 Å². The number of aliphatic hydroxyl groups is 1. The van der Waals surface area contributed by atoms with Crippen molar-refractivity contribution in [2.75, 3.05) is 13.7 Å². The van der Waals surface area contributed by atoms with Gasteiger partial charge in [-0.15, -0.1) is 0 Å². The van der Waals surface area contributed by atoms with E-state index >= 15 is 0 Å². The van der Waals surface area contributed by atoms with Gasteiger partial charge in [-0.2, -0.15) is 0 Å². The van der Waals surface area contributed by atoms with Crippen molar-refractivity contribution in [2.45, 2.75) is 18.9 Å². The SMILES string of the molecule is COc1ccccc1C(=O)NC[C@@](C)(O)Cc1ccco1. The van der Waals surface area contributed by atoms with Gasteiger partial charge in [0.2, 0.25) is 0 Å². The van der Waals surface area contributed by atoms with Gasteiger partial charge in [-0.1, -0.05) is 12.1 Å². The van der Waals surface area contributed by atoms with Gasteiger partial charge in [0, 0.05) is 13.0 Å². The molecule has 0 aliphatic rings. The molecular weight excluding hydrogens is 270 g/mol. The summed E-state index contributed by atoms with van der Waals surface area (Å²) in [6.45, 7) is 1.77. The van der Waals surface area contributed by atoms with Gasteiger partial charge in [-0.25, -0.2) is 0 Å². The maximum Gasteiger partial charge on any atom is 0.255 e. The molecule has 2 aromatic rings. The zero-order chi connectivity index (χ0) is 15.3. The lowest BCUT2D eigenvalue weighted by atomic mass is 10.0. The Morgan fingerprint density at radius 2 is 2.10 bits per heavy atom. The van der Waals surface area contributed by atoms with Crippen LogP contribution in [0.4, 0.5) is 0 Å². The van der Waals surface area contributed by atoms with Crippen molar-refractivity contribution >= 4 is 5.91 Å². The highest BCUT2D eigenvalue weighted by atomic mass is 16.5. The summed E-state index contributed by atoms with van der Waals surface area (Å²) in [6, 6.07) is 10.5. The van der Waals surface area contributed by atoms with E-state index in [0.717, 1.165) is 0 Å². The Bertz CT molecular complexity index is 590. The smallest absolute Gasteiger partial charge is 0.255 e. The van der Waals surface area contributed by atoms with Crippen LogP contribution < -0.4 is 10.1 Å². The van der Waals surface area contributed by atoms with Crippen LogP contribution >= 0.6 is 0 Å². The Kier molecular flexibility index (Phi) is 4.65. The van der Waals surface area contributed by atoms with E-state index < -0.39 is 5.60 Å². The summed E-state index contributed by atoms with van der Waals surface area (Å²) >= 11 is 0. The number of furan rings is 1. The van der Waals surface area contributed by atoms with Gasteiger partial charge in [0.25, 0.3) is 5.91 Å². The van der Waals surface area contributed by atoms with Gasteiger partial charge in [-0.05, 0) is 31.2 Å². The molecule has 0 aliphatic carbocycles. The molecule has 0 saturated carbocycles. The van der Waals surface area contributed by atoms with Crippen molar-refractivity contribution in [1.29, 1.82) is 0 Å². The molecule has 1 aromatic carbocycles. The lowest BCUT2D eigenvalue weighted by molar-refractivity contribution is 0.0509. The van der Waals surface area contributed by atoms with Crippen LogP contribution in [0.15, 0.2) is 47.1 Å². The maximum absolute atomic E-state index is 12.1. The first-order chi connectivity index (χ1) is 10.0. The molecule has 5 heteroatoms.